The van der Waals surface area contributed by atoms with Gasteiger partial charge < -0.3 is 15.3 Å². The summed E-state index contributed by atoms with van der Waals surface area (Å²) in [7, 11) is 1.91. The molecule has 192 valence electrons. The minimum atomic E-state index is -5.08. The number of hydrogen-bond acceptors (Lipinski definition) is 6. The van der Waals surface area contributed by atoms with Crippen molar-refractivity contribution in [3.63, 3.8) is 0 Å². The summed E-state index contributed by atoms with van der Waals surface area (Å²) in [5.41, 5.74) is 3.97. The molecule has 0 radical (unpaired) electrons. The Hall–Kier alpha value is -3.96. The lowest BCUT2D eigenvalue weighted by molar-refractivity contribution is -0.192. The number of anilines is 1. The van der Waals surface area contributed by atoms with Gasteiger partial charge >= 0.3 is 12.1 Å². The number of nitrogens with zero attached hydrogens (tertiary/aromatic N) is 5. The molecule has 0 bridgehead atoms. The lowest BCUT2D eigenvalue weighted by Crippen LogP contribution is -2.50. The van der Waals surface area contributed by atoms with Gasteiger partial charge in [0.25, 0.3) is 5.91 Å². The van der Waals surface area contributed by atoms with Crippen LogP contribution in [0.5, 0.6) is 0 Å². The Labute approximate surface area is 206 Å². The Bertz CT molecular complexity index is 1180. The molecule has 1 fully saturated rings. The molecule has 9 nitrogen and oxygen atoms in total. The topological polar surface area (TPSA) is 113 Å². The fourth-order valence-electron chi connectivity index (χ4n) is 3.78. The number of piperidine rings is 1. The zero-order chi connectivity index (χ0) is 26.5. The lowest BCUT2D eigenvalue weighted by atomic mass is 9.87. The van der Waals surface area contributed by atoms with E-state index in [0.717, 1.165) is 42.1 Å². The van der Waals surface area contributed by atoms with Gasteiger partial charge in [-0.15, -0.1) is 0 Å². The summed E-state index contributed by atoms with van der Waals surface area (Å²) in [6, 6.07) is 7.70. The fraction of sp³-hybridized carbons (Fsp3) is 0.375. The van der Waals surface area contributed by atoms with Crippen molar-refractivity contribution in [2.75, 3.05) is 18.0 Å². The second-order valence-corrected chi connectivity index (χ2v) is 8.60. The molecule has 36 heavy (non-hydrogen) atoms. The zero-order valence-corrected chi connectivity index (χ0v) is 20.0. The van der Waals surface area contributed by atoms with Crippen molar-refractivity contribution >= 4 is 17.8 Å². The second kappa shape index (κ2) is 11.2. The first-order chi connectivity index (χ1) is 16.9. The first kappa shape index (κ1) is 26.6. The minimum Gasteiger partial charge on any atom is -0.475 e. The number of carbonyl (C=O) groups excluding carboxylic acids is 1. The molecular weight excluding hydrogens is 477 g/mol. The molecule has 1 aromatic carbocycles. The van der Waals surface area contributed by atoms with E-state index in [0.29, 0.717) is 5.56 Å². The molecule has 2 aromatic heterocycles. The number of rotatable bonds is 4. The maximum atomic E-state index is 12.8. The highest BCUT2D eigenvalue weighted by atomic mass is 19.4. The molecule has 3 aromatic rings. The Morgan fingerprint density at radius 3 is 2.19 bits per heavy atom. The Morgan fingerprint density at radius 1 is 1.06 bits per heavy atom. The SMILES string of the molecule is Cc1ccc(C(=O)NC2CCN(c3ncc(C)cn3)CC2c2cnn(C)c2)cc1.O=C(O)C(F)(F)F. The largest absolute Gasteiger partial charge is 0.490 e. The molecule has 1 saturated heterocycles. The van der Waals surface area contributed by atoms with E-state index in [2.05, 4.69) is 25.3 Å². The van der Waals surface area contributed by atoms with Gasteiger partial charge in [0.2, 0.25) is 5.95 Å². The highest BCUT2D eigenvalue weighted by Crippen LogP contribution is 2.29. The van der Waals surface area contributed by atoms with Gasteiger partial charge in [-0.1, -0.05) is 17.7 Å². The number of amides is 1. The monoisotopic (exact) mass is 504 g/mol. The van der Waals surface area contributed by atoms with E-state index in [9.17, 15) is 18.0 Å². The average molecular weight is 505 g/mol. The molecule has 0 spiro atoms. The minimum absolute atomic E-state index is 0.0229. The molecule has 12 heteroatoms. The smallest absolute Gasteiger partial charge is 0.475 e. The third-order valence-corrected chi connectivity index (χ3v) is 5.69. The van der Waals surface area contributed by atoms with E-state index in [4.69, 9.17) is 9.90 Å². The normalized spacial score (nSPS) is 17.7. The summed E-state index contributed by atoms with van der Waals surface area (Å²) in [6.45, 7) is 5.52. The molecule has 1 aliphatic rings. The van der Waals surface area contributed by atoms with Crippen molar-refractivity contribution in [1.29, 1.82) is 0 Å². The molecule has 2 atom stereocenters. The maximum Gasteiger partial charge on any atom is 0.490 e. The van der Waals surface area contributed by atoms with Gasteiger partial charge in [0, 0.05) is 56.3 Å². The number of carboxylic acid groups (broad SMARTS) is 1. The fourth-order valence-corrected chi connectivity index (χ4v) is 3.78. The van der Waals surface area contributed by atoms with Gasteiger partial charge in [0.05, 0.1) is 6.20 Å². The summed E-state index contributed by atoms with van der Waals surface area (Å²) in [4.78, 5) is 32.9. The molecule has 3 heterocycles. The van der Waals surface area contributed by atoms with Crippen molar-refractivity contribution in [3.8, 4) is 0 Å². The molecule has 0 saturated carbocycles. The Kier molecular flexibility index (Phi) is 8.28. The summed E-state index contributed by atoms with van der Waals surface area (Å²) in [6.07, 6.45) is 3.32. The third kappa shape index (κ3) is 7.03. The number of nitrogens with one attached hydrogen (secondary N) is 1. The number of hydrogen-bond donors (Lipinski definition) is 2. The van der Waals surface area contributed by atoms with Crippen LogP contribution in [0.25, 0.3) is 0 Å². The molecular formula is C24H27F3N6O3. The number of halogens is 3. The van der Waals surface area contributed by atoms with Gasteiger partial charge in [0.15, 0.2) is 0 Å². The van der Waals surface area contributed by atoms with Crippen molar-refractivity contribution in [3.05, 3.63) is 71.3 Å². The molecule has 2 unspecified atom stereocenters. The number of aliphatic carboxylic acids is 1. The first-order valence-electron chi connectivity index (χ1n) is 11.1. The molecule has 0 aliphatic carbocycles. The number of benzene rings is 1. The van der Waals surface area contributed by atoms with Gasteiger partial charge in [-0.3, -0.25) is 9.48 Å². The summed E-state index contributed by atoms with van der Waals surface area (Å²) in [5.74, 6) is -1.96. The van der Waals surface area contributed by atoms with Crippen LogP contribution >= 0.6 is 0 Å². The summed E-state index contributed by atoms with van der Waals surface area (Å²) < 4.78 is 33.5. The summed E-state index contributed by atoms with van der Waals surface area (Å²) >= 11 is 0. The maximum absolute atomic E-state index is 12.8. The number of alkyl halides is 3. The first-order valence-corrected chi connectivity index (χ1v) is 11.1. The van der Waals surface area contributed by atoms with Crippen LogP contribution in [0.2, 0.25) is 0 Å². The third-order valence-electron chi connectivity index (χ3n) is 5.69. The van der Waals surface area contributed by atoms with Gasteiger partial charge in [-0.05, 0) is 43.5 Å². The highest BCUT2D eigenvalue weighted by molar-refractivity contribution is 5.94. The van der Waals surface area contributed by atoms with Crippen LogP contribution in [0.15, 0.2) is 49.1 Å². The van der Waals surface area contributed by atoms with Crippen LogP contribution in [0.4, 0.5) is 19.1 Å². The van der Waals surface area contributed by atoms with E-state index >= 15 is 0 Å². The number of aryl methyl sites for hydroxylation is 3. The quantitative estimate of drug-likeness (QED) is 0.561. The van der Waals surface area contributed by atoms with Crippen molar-refractivity contribution in [2.24, 2.45) is 7.05 Å². The second-order valence-electron chi connectivity index (χ2n) is 8.60. The number of carbonyl (C=O) groups is 2. The van der Waals surface area contributed by atoms with Crippen LogP contribution in [0.3, 0.4) is 0 Å². The van der Waals surface area contributed by atoms with Crippen molar-refractivity contribution < 1.29 is 27.9 Å². The molecule has 1 aliphatic heterocycles. The Balaban J connectivity index is 0.000000454. The lowest BCUT2D eigenvalue weighted by Gasteiger charge is -2.38. The predicted molar refractivity (Wildman–Crippen MR) is 126 cm³/mol. The highest BCUT2D eigenvalue weighted by Gasteiger charge is 2.38. The number of aromatic nitrogens is 4. The molecule has 2 N–H and O–H groups in total. The summed E-state index contributed by atoms with van der Waals surface area (Å²) in [5, 5.41) is 14.7. The van der Waals surface area contributed by atoms with E-state index in [1.807, 2.05) is 69.9 Å². The zero-order valence-electron chi connectivity index (χ0n) is 20.0. The molecule has 4 rings (SSSR count). The number of carboxylic acids is 1. The van der Waals surface area contributed by atoms with E-state index in [1.54, 1.807) is 4.68 Å². The van der Waals surface area contributed by atoms with Crippen LogP contribution in [-0.4, -0.2) is 62.0 Å². The van der Waals surface area contributed by atoms with E-state index < -0.39 is 12.1 Å². The molecule has 1 amide bonds. The Morgan fingerprint density at radius 2 is 1.67 bits per heavy atom. The van der Waals surface area contributed by atoms with Gasteiger partial charge in [0.1, 0.15) is 0 Å². The van der Waals surface area contributed by atoms with Crippen molar-refractivity contribution in [2.45, 2.75) is 38.4 Å². The standard InChI is InChI=1S/C22H26N6O.C2HF3O2/c1-15-4-6-17(7-5-15)21(29)26-20-8-9-28(22-23-10-16(2)11-24-22)14-19(20)18-12-25-27(3)13-18;3-2(4,5)1(6)7/h4-7,10-13,19-20H,8-9,14H2,1-3H3,(H,26,29);(H,6,7). The van der Waals surface area contributed by atoms with Crippen LogP contribution in [0, 0.1) is 13.8 Å². The van der Waals surface area contributed by atoms with Crippen LogP contribution < -0.4 is 10.2 Å². The average Bonchev–Trinajstić information content (AvgIpc) is 3.26. The van der Waals surface area contributed by atoms with Gasteiger partial charge in [-0.25, -0.2) is 14.8 Å². The van der Waals surface area contributed by atoms with E-state index in [1.165, 1.54) is 0 Å². The van der Waals surface area contributed by atoms with Crippen LogP contribution in [0.1, 0.15) is 39.4 Å². The van der Waals surface area contributed by atoms with Crippen LogP contribution in [-0.2, 0) is 11.8 Å². The van der Waals surface area contributed by atoms with E-state index in [-0.39, 0.29) is 17.9 Å². The van der Waals surface area contributed by atoms with Crippen molar-refractivity contribution in [1.82, 2.24) is 25.1 Å². The van der Waals surface area contributed by atoms with Gasteiger partial charge in [-0.2, -0.15) is 18.3 Å². The predicted octanol–water partition coefficient (Wildman–Crippen LogP) is 3.25.